The van der Waals surface area contributed by atoms with Crippen LogP contribution >= 0.6 is 15.9 Å². The fourth-order valence-corrected chi connectivity index (χ4v) is 3.59. The first kappa shape index (κ1) is 21.4. The number of hydrogen-bond acceptors (Lipinski definition) is 4. The van der Waals surface area contributed by atoms with Crippen LogP contribution in [0.4, 0.5) is 5.69 Å². The Balaban J connectivity index is 1.59. The molecule has 0 saturated heterocycles. The first-order valence-electron chi connectivity index (χ1n) is 9.45. The second-order valence-corrected chi connectivity index (χ2v) is 7.84. The van der Waals surface area contributed by atoms with Gasteiger partial charge in [0.2, 0.25) is 5.91 Å². The van der Waals surface area contributed by atoms with Crippen molar-refractivity contribution in [2.24, 2.45) is 0 Å². The lowest BCUT2D eigenvalue weighted by Crippen LogP contribution is -2.36. The van der Waals surface area contributed by atoms with Gasteiger partial charge < -0.3 is 15.4 Å². The van der Waals surface area contributed by atoms with Crippen molar-refractivity contribution in [1.82, 2.24) is 5.32 Å². The molecular weight excluding hydrogens is 412 g/mol. The highest BCUT2D eigenvalue weighted by Crippen LogP contribution is 2.20. The molecule has 1 saturated carbocycles. The monoisotopic (exact) mass is 438 g/mol. The molecule has 2 amide bonds. The average Bonchev–Trinajstić information content (AvgIpc) is 2.63. The fourth-order valence-electron chi connectivity index (χ4n) is 3.11. The Labute approximate surface area is 168 Å². The summed E-state index contributed by atoms with van der Waals surface area (Å²) >= 11 is 3.36. The molecule has 6 nitrogen and oxygen atoms in total. The zero-order valence-corrected chi connectivity index (χ0v) is 17.3. The van der Waals surface area contributed by atoms with E-state index in [2.05, 4.69) is 26.6 Å². The summed E-state index contributed by atoms with van der Waals surface area (Å²) in [4.78, 5) is 35.5. The third-order valence-corrected chi connectivity index (χ3v) is 5.08. The number of ether oxygens (including phenoxy) is 1. The summed E-state index contributed by atoms with van der Waals surface area (Å²) in [7, 11) is 0. The second-order valence-electron chi connectivity index (χ2n) is 6.92. The molecule has 1 aromatic carbocycles. The molecule has 0 heterocycles. The van der Waals surface area contributed by atoms with Crippen LogP contribution in [-0.2, 0) is 19.1 Å². The summed E-state index contributed by atoms with van der Waals surface area (Å²) in [5, 5.41) is 5.73. The lowest BCUT2D eigenvalue weighted by atomic mass is 9.95. The number of hydrogen-bond donors (Lipinski definition) is 2. The van der Waals surface area contributed by atoms with Crippen LogP contribution in [0.25, 0.3) is 0 Å². The highest BCUT2D eigenvalue weighted by molar-refractivity contribution is 9.10. The minimum absolute atomic E-state index is 0.0156. The molecule has 1 aliphatic carbocycles. The van der Waals surface area contributed by atoms with Gasteiger partial charge in [-0.25, -0.2) is 0 Å². The van der Waals surface area contributed by atoms with E-state index in [9.17, 15) is 14.4 Å². The number of nitrogens with one attached hydrogen (secondary N) is 2. The highest BCUT2D eigenvalue weighted by atomic mass is 79.9. The molecule has 0 unspecified atom stereocenters. The van der Waals surface area contributed by atoms with E-state index in [4.69, 9.17) is 4.74 Å². The van der Waals surface area contributed by atoms with Crippen LogP contribution in [-0.4, -0.2) is 30.4 Å². The molecule has 0 radical (unpaired) electrons. The van der Waals surface area contributed by atoms with E-state index >= 15 is 0 Å². The molecule has 148 valence electrons. The number of carbonyl (C=O) groups is 3. The standard InChI is InChI=1S/C20H27BrN2O4/c1-14-12-15(21)10-11-17(14)23-19(25)13-27-20(26)9-5-8-18(24)22-16-6-3-2-4-7-16/h10-12,16H,2-9,13H2,1H3,(H,22,24)(H,23,25). The van der Waals surface area contributed by atoms with Gasteiger partial charge in [0.1, 0.15) is 0 Å². The molecule has 1 aromatic rings. The minimum atomic E-state index is -0.469. The van der Waals surface area contributed by atoms with Gasteiger partial charge in [-0.2, -0.15) is 0 Å². The van der Waals surface area contributed by atoms with E-state index in [0.29, 0.717) is 18.5 Å². The average molecular weight is 439 g/mol. The Kier molecular flexibility index (Phi) is 8.78. The van der Waals surface area contributed by atoms with Crippen molar-refractivity contribution in [3.63, 3.8) is 0 Å². The Hall–Kier alpha value is -1.89. The maximum absolute atomic E-state index is 11.9. The third kappa shape index (κ3) is 8.12. The van der Waals surface area contributed by atoms with Gasteiger partial charge in [-0.05, 0) is 49.9 Å². The van der Waals surface area contributed by atoms with Gasteiger partial charge in [0, 0.05) is 29.0 Å². The number of anilines is 1. The predicted molar refractivity (Wildman–Crippen MR) is 107 cm³/mol. The molecule has 0 spiro atoms. The zero-order chi connectivity index (χ0) is 19.6. The smallest absolute Gasteiger partial charge is 0.306 e. The number of amides is 2. The highest BCUT2D eigenvalue weighted by Gasteiger charge is 2.16. The lowest BCUT2D eigenvalue weighted by molar-refractivity contribution is -0.147. The number of carbonyl (C=O) groups excluding carboxylic acids is 3. The van der Waals surface area contributed by atoms with Crippen molar-refractivity contribution in [1.29, 1.82) is 0 Å². The van der Waals surface area contributed by atoms with E-state index in [0.717, 1.165) is 22.9 Å². The Morgan fingerprint density at radius 2 is 1.85 bits per heavy atom. The van der Waals surface area contributed by atoms with Gasteiger partial charge in [-0.15, -0.1) is 0 Å². The number of rotatable bonds is 8. The van der Waals surface area contributed by atoms with Crippen molar-refractivity contribution in [3.8, 4) is 0 Å². The van der Waals surface area contributed by atoms with E-state index in [1.807, 2.05) is 19.1 Å². The molecule has 1 fully saturated rings. The van der Waals surface area contributed by atoms with Gasteiger partial charge in [-0.3, -0.25) is 14.4 Å². The molecule has 27 heavy (non-hydrogen) atoms. The van der Waals surface area contributed by atoms with E-state index in [-0.39, 0.29) is 30.9 Å². The molecular formula is C20H27BrN2O4. The maximum Gasteiger partial charge on any atom is 0.306 e. The van der Waals surface area contributed by atoms with Crippen LogP contribution in [0.3, 0.4) is 0 Å². The number of benzene rings is 1. The van der Waals surface area contributed by atoms with Gasteiger partial charge in [0.05, 0.1) is 0 Å². The third-order valence-electron chi connectivity index (χ3n) is 4.58. The molecule has 0 bridgehead atoms. The van der Waals surface area contributed by atoms with E-state index in [1.54, 1.807) is 6.07 Å². The molecule has 2 N–H and O–H groups in total. The quantitative estimate of drug-likeness (QED) is 0.603. The summed E-state index contributed by atoms with van der Waals surface area (Å²) in [5.41, 5.74) is 1.59. The van der Waals surface area contributed by atoms with Gasteiger partial charge in [0.15, 0.2) is 6.61 Å². The Bertz CT molecular complexity index is 672. The molecule has 1 aliphatic rings. The minimum Gasteiger partial charge on any atom is -0.456 e. The van der Waals surface area contributed by atoms with E-state index in [1.165, 1.54) is 19.3 Å². The summed E-state index contributed by atoms with van der Waals surface area (Å²) in [6.07, 6.45) is 6.51. The largest absolute Gasteiger partial charge is 0.456 e. The van der Waals surface area contributed by atoms with Crippen LogP contribution in [0.2, 0.25) is 0 Å². The van der Waals surface area contributed by atoms with Gasteiger partial charge in [0.25, 0.3) is 5.91 Å². The normalized spacial score (nSPS) is 14.4. The summed E-state index contributed by atoms with van der Waals surface area (Å²) in [6.45, 7) is 1.55. The number of halogens is 1. The number of esters is 1. The summed E-state index contributed by atoms with van der Waals surface area (Å²) < 4.78 is 5.91. The zero-order valence-electron chi connectivity index (χ0n) is 15.7. The fraction of sp³-hybridized carbons (Fsp3) is 0.550. The first-order valence-corrected chi connectivity index (χ1v) is 10.2. The lowest BCUT2D eigenvalue weighted by Gasteiger charge is -2.22. The van der Waals surface area contributed by atoms with Crippen LogP contribution in [0.1, 0.15) is 56.9 Å². The molecule has 0 atom stereocenters. The van der Waals surface area contributed by atoms with Crippen molar-refractivity contribution in [3.05, 3.63) is 28.2 Å². The maximum atomic E-state index is 11.9. The van der Waals surface area contributed by atoms with E-state index < -0.39 is 5.97 Å². The second kappa shape index (κ2) is 11.1. The summed E-state index contributed by atoms with van der Waals surface area (Å²) in [5.74, 6) is -0.870. The van der Waals surface area contributed by atoms with Crippen LogP contribution < -0.4 is 10.6 Å². The van der Waals surface area contributed by atoms with Crippen molar-refractivity contribution in [2.75, 3.05) is 11.9 Å². The topological polar surface area (TPSA) is 84.5 Å². The van der Waals surface area contributed by atoms with Crippen molar-refractivity contribution >= 4 is 39.4 Å². The van der Waals surface area contributed by atoms with Crippen LogP contribution in [0, 0.1) is 6.92 Å². The van der Waals surface area contributed by atoms with Crippen molar-refractivity contribution < 1.29 is 19.1 Å². The number of aryl methyl sites for hydroxylation is 1. The SMILES string of the molecule is Cc1cc(Br)ccc1NC(=O)COC(=O)CCCC(=O)NC1CCCCC1. The summed E-state index contributed by atoms with van der Waals surface area (Å²) in [6, 6.07) is 5.78. The first-order chi connectivity index (χ1) is 12.9. The Morgan fingerprint density at radius 1 is 1.11 bits per heavy atom. The van der Waals surface area contributed by atoms with Gasteiger partial charge in [-0.1, -0.05) is 35.2 Å². The van der Waals surface area contributed by atoms with Gasteiger partial charge >= 0.3 is 5.97 Å². The Morgan fingerprint density at radius 3 is 2.56 bits per heavy atom. The predicted octanol–water partition coefficient (Wildman–Crippen LogP) is 3.86. The molecule has 2 rings (SSSR count). The van der Waals surface area contributed by atoms with Crippen molar-refractivity contribution in [2.45, 2.75) is 64.3 Å². The molecule has 0 aliphatic heterocycles. The molecule has 0 aromatic heterocycles. The van der Waals surface area contributed by atoms with Crippen LogP contribution in [0.15, 0.2) is 22.7 Å². The molecule has 7 heteroatoms. The van der Waals surface area contributed by atoms with Crippen LogP contribution in [0.5, 0.6) is 0 Å².